The minimum atomic E-state index is -0.753. The van der Waals surface area contributed by atoms with Crippen molar-refractivity contribution in [3.8, 4) is 5.75 Å². The summed E-state index contributed by atoms with van der Waals surface area (Å²) >= 11 is 0. The van der Waals surface area contributed by atoms with Crippen molar-refractivity contribution in [2.45, 2.75) is 78.2 Å². The summed E-state index contributed by atoms with van der Waals surface area (Å²) in [6.07, 6.45) is 9.45. The van der Waals surface area contributed by atoms with E-state index in [2.05, 4.69) is 72.2 Å². The molecule has 252 valence electrons. The SMILES string of the molecule is CCCC(CC)C1C=C(c2ccc(OCc3cc(N4CCCC4=O)ccc3N3CCC(C)CC3)cc2)N(C)c2cc(C(=O)N=O)ccc21. The Hall–Kier alpha value is -4.46. The Morgan fingerprint density at radius 1 is 0.979 bits per heavy atom. The molecule has 8 nitrogen and oxygen atoms in total. The van der Waals surface area contributed by atoms with Crippen molar-refractivity contribution < 1.29 is 14.3 Å². The maximum Gasteiger partial charge on any atom is 0.316 e. The van der Waals surface area contributed by atoms with E-state index < -0.39 is 5.91 Å². The van der Waals surface area contributed by atoms with Crippen LogP contribution in [0.5, 0.6) is 5.75 Å². The van der Waals surface area contributed by atoms with Crippen LogP contribution in [0.3, 0.4) is 0 Å². The van der Waals surface area contributed by atoms with Gasteiger partial charge in [0.2, 0.25) is 5.91 Å². The first-order chi connectivity index (χ1) is 23.3. The summed E-state index contributed by atoms with van der Waals surface area (Å²) in [7, 11) is 2.01. The van der Waals surface area contributed by atoms with Gasteiger partial charge in [0, 0.05) is 78.1 Å². The average molecular weight is 649 g/mol. The van der Waals surface area contributed by atoms with Crippen LogP contribution in [-0.4, -0.2) is 38.5 Å². The number of hydrogen-bond donors (Lipinski definition) is 0. The lowest BCUT2D eigenvalue weighted by Crippen LogP contribution is -2.33. The minimum absolute atomic E-state index is 0.186. The van der Waals surface area contributed by atoms with Crippen molar-refractivity contribution in [1.29, 1.82) is 0 Å². The Balaban J connectivity index is 1.26. The molecule has 2 atom stereocenters. The summed E-state index contributed by atoms with van der Waals surface area (Å²) in [5.74, 6) is 1.59. The van der Waals surface area contributed by atoms with Crippen molar-refractivity contribution in [3.05, 3.63) is 93.9 Å². The number of anilines is 3. The Labute approximate surface area is 284 Å². The van der Waals surface area contributed by atoms with Crippen LogP contribution in [0.15, 0.2) is 71.9 Å². The van der Waals surface area contributed by atoms with Gasteiger partial charge in [-0.1, -0.05) is 45.8 Å². The molecule has 3 aliphatic heterocycles. The molecule has 2 unspecified atom stereocenters. The van der Waals surface area contributed by atoms with Crippen molar-refractivity contribution in [2.75, 3.05) is 41.4 Å². The van der Waals surface area contributed by atoms with Crippen LogP contribution in [0.1, 0.15) is 98.7 Å². The van der Waals surface area contributed by atoms with Crippen LogP contribution in [-0.2, 0) is 11.4 Å². The van der Waals surface area contributed by atoms with Crippen LogP contribution in [0.2, 0.25) is 0 Å². The maximum absolute atomic E-state index is 12.6. The third-order valence-corrected chi connectivity index (χ3v) is 10.6. The lowest BCUT2D eigenvalue weighted by Gasteiger charge is -2.37. The molecule has 0 saturated carbocycles. The zero-order valence-electron chi connectivity index (χ0n) is 28.8. The standard InChI is InChI=1S/C40H48N4O4/c1-5-8-28(6-2)35-25-37(42(4)38-24-30(40(46)41-47)12-16-34(35)38)29-10-14-33(15-11-29)48-26-31-23-32(44-20-7-9-39(44)45)13-17-36(31)43-21-18-27(3)19-22-43/h10-17,23-25,27-28,35H,5-9,18-22,26H2,1-4H3. The van der Waals surface area contributed by atoms with Gasteiger partial charge in [0.1, 0.15) is 12.4 Å². The number of nitrogens with zero attached hydrogens (tertiary/aromatic N) is 4. The lowest BCUT2D eigenvalue weighted by atomic mass is 9.77. The van der Waals surface area contributed by atoms with E-state index in [-0.39, 0.29) is 11.8 Å². The molecule has 2 amide bonds. The maximum atomic E-state index is 12.6. The summed E-state index contributed by atoms with van der Waals surface area (Å²) < 4.78 is 6.44. The van der Waals surface area contributed by atoms with Gasteiger partial charge >= 0.3 is 5.91 Å². The van der Waals surface area contributed by atoms with E-state index in [4.69, 9.17) is 4.74 Å². The van der Waals surface area contributed by atoms with E-state index in [1.807, 2.05) is 30.1 Å². The van der Waals surface area contributed by atoms with Gasteiger partial charge in [0.15, 0.2) is 0 Å². The molecule has 3 aromatic rings. The summed E-state index contributed by atoms with van der Waals surface area (Å²) in [4.78, 5) is 42.3. The number of nitroso groups, excluding NO2 is 1. The van der Waals surface area contributed by atoms with E-state index >= 15 is 0 Å². The highest BCUT2D eigenvalue weighted by molar-refractivity contribution is 5.97. The number of carbonyl (C=O) groups excluding carboxylic acids is 2. The van der Waals surface area contributed by atoms with Crippen LogP contribution in [0, 0.1) is 16.7 Å². The third kappa shape index (κ3) is 6.89. The molecule has 2 fully saturated rings. The monoisotopic (exact) mass is 648 g/mol. The van der Waals surface area contributed by atoms with Gasteiger partial charge in [-0.15, -0.1) is 4.91 Å². The van der Waals surface area contributed by atoms with E-state index in [1.165, 1.54) is 24.1 Å². The van der Waals surface area contributed by atoms with Crippen LogP contribution < -0.4 is 19.4 Å². The molecular weight excluding hydrogens is 600 g/mol. The molecule has 0 radical (unpaired) electrons. The number of rotatable bonds is 11. The number of hydrogen-bond acceptors (Lipinski definition) is 6. The molecule has 6 rings (SSSR count). The number of allylic oxidation sites excluding steroid dienone is 1. The Morgan fingerprint density at radius 3 is 2.42 bits per heavy atom. The zero-order chi connectivity index (χ0) is 33.8. The zero-order valence-corrected chi connectivity index (χ0v) is 28.8. The minimum Gasteiger partial charge on any atom is -0.489 e. The van der Waals surface area contributed by atoms with E-state index in [1.54, 1.807) is 12.1 Å². The second-order valence-electron chi connectivity index (χ2n) is 13.7. The number of piperidine rings is 1. The molecule has 3 aliphatic rings. The topological polar surface area (TPSA) is 82.5 Å². The van der Waals surface area contributed by atoms with E-state index in [9.17, 15) is 14.5 Å². The molecule has 3 heterocycles. The fraction of sp³-hybridized carbons (Fsp3) is 0.450. The highest BCUT2D eigenvalue weighted by Crippen LogP contribution is 2.45. The first-order valence-corrected chi connectivity index (χ1v) is 17.7. The highest BCUT2D eigenvalue weighted by Gasteiger charge is 2.30. The molecule has 8 heteroatoms. The molecule has 0 aliphatic carbocycles. The van der Waals surface area contributed by atoms with Gasteiger partial charge in [0.05, 0.1) is 0 Å². The molecule has 0 bridgehead atoms. The molecule has 0 spiro atoms. The predicted molar refractivity (Wildman–Crippen MR) is 194 cm³/mol. The normalized spacial score (nSPS) is 18.8. The molecule has 0 N–H and O–H groups in total. The first kappa shape index (κ1) is 33.4. The third-order valence-electron chi connectivity index (χ3n) is 10.6. The molecule has 48 heavy (non-hydrogen) atoms. The summed E-state index contributed by atoms with van der Waals surface area (Å²) in [6.45, 7) is 10.0. The Morgan fingerprint density at radius 2 is 1.75 bits per heavy atom. The van der Waals surface area contributed by atoms with E-state index in [0.717, 1.165) is 85.2 Å². The number of carbonyl (C=O) groups is 2. The van der Waals surface area contributed by atoms with Gasteiger partial charge < -0.3 is 19.4 Å². The number of ether oxygens (including phenoxy) is 1. The predicted octanol–water partition coefficient (Wildman–Crippen LogP) is 8.94. The highest BCUT2D eigenvalue weighted by atomic mass is 16.5. The van der Waals surface area contributed by atoms with Crippen molar-refractivity contribution in [1.82, 2.24) is 0 Å². The fourth-order valence-electron chi connectivity index (χ4n) is 7.71. The van der Waals surface area contributed by atoms with Gasteiger partial charge in [-0.25, -0.2) is 0 Å². The van der Waals surface area contributed by atoms with Gasteiger partial charge in [-0.2, -0.15) is 0 Å². The van der Waals surface area contributed by atoms with Crippen LogP contribution >= 0.6 is 0 Å². The number of fused-ring (bicyclic) bond motifs is 1. The van der Waals surface area contributed by atoms with Crippen molar-refractivity contribution in [3.63, 3.8) is 0 Å². The van der Waals surface area contributed by atoms with Crippen LogP contribution in [0.4, 0.5) is 17.1 Å². The first-order valence-electron chi connectivity index (χ1n) is 17.7. The average Bonchev–Trinajstić information content (AvgIpc) is 3.55. The van der Waals surface area contributed by atoms with Crippen molar-refractivity contribution in [2.24, 2.45) is 17.0 Å². The van der Waals surface area contributed by atoms with Gasteiger partial charge in [-0.05, 0) is 103 Å². The van der Waals surface area contributed by atoms with Gasteiger partial charge in [0.25, 0.3) is 0 Å². The Kier molecular flexibility index (Phi) is 10.3. The molecule has 3 aromatic carbocycles. The lowest BCUT2D eigenvalue weighted by molar-refractivity contribution is -0.117. The van der Waals surface area contributed by atoms with Crippen molar-refractivity contribution >= 4 is 34.6 Å². The van der Waals surface area contributed by atoms with E-state index in [0.29, 0.717) is 24.5 Å². The molecular formula is C40H48N4O4. The van der Waals surface area contributed by atoms with Gasteiger partial charge in [-0.3, -0.25) is 9.59 Å². The summed E-state index contributed by atoms with van der Waals surface area (Å²) in [5.41, 5.74) is 7.74. The fourth-order valence-corrected chi connectivity index (χ4v) is 7.71. The smallest absolute Gasteiger partial charge is 0.316 e. The molecule has 2 saturated heterocycles. The summed E-state index contributed by atoms with van der Waals surface area (Å²) in [6, 6.07) is 20.1. The quantitative estimate of drug-likeness (QED) is 0.193. The summed E-state index contributed by atoms with van der Waals surface area (Å²) in [5, 5.41) is 2.67. The van der Waals surface area contributed by atoms with Crippen LogP contribution in [0.25, 0.3) is 5.70 Å². The largest absolute Gasteiger partial charge is 0.489 e. The molecule has 0 aromatic heterocycles. The Bertz CT molecular complexity index is 1670. The number of amides is 2. The second kappa shape index (κ2) is 14.8. The second-order valence-corrected chi connectivity index (χ2v) is 13.7. The number of benzene rings is 3.